The van der Waals surface area contributed by atoms with Crippen LogP contribution in [0.15, 0.2) is 12.2 Å². The number of nitrogens with two attached hydrogens (primary N) is 2. The van der Waals surface area contributed by atoms with Crippen LogP contribution in [0.3, 0.4) is 0 Å². The smallest absolute Gasteiger partial charge is 0.291 e. The van der Waals surface area contributed by atoms with Crippen molar-refractivity contribution in [1.29, 1.82) is 0 Å². The van der Waals surface area contributed by atoms with E-state index in [2.05, 4.69) is 11.7 Å². The predicted octanol–water partition coefficient (Wildman–Crippen LogP) is -5.47. The topological polar surface area (TPSA) is 110 Å². The number of carbonyl (C=O) groups excluding carboxylic acids is 2. The second kappa shape index (κ2) is 8.33. The van der Waals surface area contributed by atoms with Gasteiger partial charge in [0, 0.05) is 12.2 Å². The average molecular weight is 183 g/mol. The Morgan fingerprint density at radius 3 is 1.45 bits per heavy atom. The summed E-state index contributed by atoms with van der Waals surface area (Å²) in [5.74, 6) is 8.24. The van der Waals surface area contributed by atoms with Crippen molar-refractivity contribution in [2.45, 2.75) is 0 Å². The molecule has 0 aliphatic rings. The van der Waals surface area contributed by atoms with Crippen LogP contribution >= 0.6 is 0 Å². The minimum absolute atomic E-state index is 0. The van der Waals surface area contributed by atoms with Gasteiger partial charge in [-0.05, 0) is 0 Å². The van der Waals surface area contributed by atoms with E-state index in [9.17, 15) is 9.59 Å². The Morgan fingerprint density at radius 1 is 1.00 bits per heavy atom. The third kappa shape index (κ3) is 8.14. The van der Waals surface area contributed by atoms with Crippen LogP contribution in [0, 0.1) is 0 Å². The second-order valence-corrected chi connectivity index (χ2v) is 1.35. The molecule has 6 N–H and O–H groups in total. The van der Waals surface area contributed by atoms with Crippen LogP contribution in [0.4, 0.5) is 0 Å². The van der Waals surface area contributed by atoms with Crippen LogP contribution in [0.25, 0.3) is 0 Å². The Hall–Kier alpha value is 0.236. The molecule has 0 unspecified atom stereocenters. The zero-order valence-electron chi connectivity index (χ0n) is 6.13. The summed E-state index contributed by atoms with van der Waals surface area (Å²) in [5.41, 5.74) is 3.60. The molecule has 0 aromatic heterocycles. The Morgan fingerprint density at radius 2 is 1.27 bits per heavy atom. The molecule has 0 saturated heterocycles. The van der Waals surface area contributed by atoms with Gasteiger partial charge >= 0.3 is 51.4 Å². The number of hydrogen-bond acceptors (Lipinski definition) is 4. The fraction of sp³-hybridized carbons (Fsp3) is 0. The van der Waals surface area contributed by atoms with Crippen molar-refractivity contribution in [3.8, 4) is 0 Å². The zero-order chi connectivity index (χ0) is 7.98. The Labute approximate surface area is 106 Å². The van der Waals surface area contributed by atoms with Crippen LogP contribution in [0.5, 0.6) is 0 Å². The summed E-state index contributed by atoms with van der Waals surface area (Å²) in [5, 5.41) is 0. The number of amides is 2. The Bertz CT molecular complexity index is 151. The summed E-state index contributed by atoms with van der Waals surface area (Å²) in [7, 11) is 0. The standard InChI is InChI=1S/C4H8N4O2.K/c5-7-3(9)1-2-4(10)8-6;/h1-2H,5-6H2,(H,7,9)(H,8,10);/q;+1/b2-1-;. The van der Waals surface area contributed by atoms with Gasteiger partial charge in [0.15, 0.2) is 0 Å². The SMILES string of the molecule is NNC(=O)/C=C\C(=O)NN.[K+]. The first-order valence-electron chi connectivity index (χ1n) is 2.40. The molecule has 0 aliphatic heterocycles. The first kappa shape index (κ1) is 13.8. The third-order valence-corrected chi connectivity index (χ3v) is 0.671. The van der Waals surface area contributed by atoms with Gasteiger partial charge in [0.1, 0.15) is 0 Å². The van der Waals surface area contributed by atoms with Gasteiger partial charge in [-0.2, -0.15) is 0 Å². The molecule has 6 nitrogen and oxygen atoms in total. The van der Waals surface area contributed by atoms with E-state index in [1.807, 2.05) is 0 Å². The number of hydrogen-bond donors (Lipinski definition) is 4. The number of carbonyl (C=O) groups is 2. The maximum Gasteiger partial charge on any atom is 1.00 e. The fourth-order valence-corrected chi connectivity index (χ4v) is 0.248. The van der Waals surface area contributed by atoms with Gasteiger partial charge < -0.3 is 0 Å². The average Bonchev–Trinajstić information content (AvgIpc) is 1.99. The molecule has 0 aromatic carbocycles. The minimum atomic E-state index is -0.566. The molecule has 0 aliphatic carbocycles. The molecular formula is C4H8KN4O2+. The van der Waals surface area contributed by atoms with Gasteiger partial charge in [-0.3, -0.25) is 20.4 Å². The van der Waals surface area contributed by atoms with Crippen molar-refractivity contribution in [3.63, 3.8) is 0 Å². The zero-order valence-corrected chi connectivity index (χ0v) is 9.25. The first-order chi connectivity index (χ1) is 4.70. The molecule has 0 bridgehead atoms. The minimum Gasteiger partial charge on any atom is -0.291 e. The Kier molecular flexibility index (Phi) is 10.5. The van der Waals surface area contributed by atoms with Gasteiger partial charge in [-0.15, -0.1) is 0 Å². The largest absolute Gasteiger partial charge is 1.00 e. The van der Waals surface area contributed by atoms with E-state index < -0.39 is 11.8 Å². The number of rotatable bonds is 2. The summed E-state index contributed by atoms with van der Waals surface area (Å²) in [6, 6.07) is 0. The van der Waals surface area contributed by atoms with Crippen molar-refractivity contribution in [2.24, 2.45) is 11.7 Å². The third-order valence-electron chi connectivity index (χ3n) is 0.671. The molecule has 11 heavy (non-hydrogen) atoms. The molecule has 0 saturated carbocycles. The number of hydrazine groups is 2. The summed E-state index contributed by atoms with van der Waals surface area (Å²) < 4.78 is 0. The van der Waals surface area contributed by atoms with Gasteiger partial charge in [0.05, 0.1) is 0 Å². The summed E-state index contributed by atoms with van der Waals surface area (Å²) >= 11 is 0. The van der Waals surface area contributed by atoms with E-state index in [-0.39, 0.29) is 51.4 Å². The van der Waals surface area contributed by atoms with Crippen LogP contribution in [0.1, 0.15) is 0 Å². The van der Waals surface area contributed by atoms with Crippen molar-refractivity contribution in [2.75, 3.05) is 0 Å². The monoisotopic (exact) mass is 183 g/mol. The molecule has 0 atom stereocenters. The maximum atomic E-state index is 10.3. The summed E-state index contributed by atoms with van der Waals surface area (Å²) in [6.07, 6.45) is 1.92. The molecule has 2 amide bonds. The molecule has 0 radical (unpaired) electrons. The molecule has 7 heteroatoms. The van der Waals surface area contributed by atoms with Crippen molar-refractivity contribution in [1.82, 2.24) is 10.9 Å². The molecule has 0 fully saturated rings. The summed E-state index contributed by atoms with van der Waals surface area (Å²) in [6.45, 7) is 0. The molecule has 0 spiro atoms. The van der Waals surface area contributed by atoms with Crippen molar-refractivity contribution < 1.29 is 61.0 Å². The van der Waals surface area contributed by atoms with E-state index in [1.165, 1.54) is 0 Å². The normalized spacial score (nSPS) is 8.55. The van der Waals surface area contributed by atoms with E-state index in [0.717, 1.165) is 12.2 Å². The first-order valence-corrected chi connectivity index (χ1v) is 2.40. The fourth-order valence-electron chi connectivity index (χ4n) is 0.248. The van der Waals surface area contributed by atoms with Crippen LogP contribution in [-0.2, 0) is 9.59 Å². The van der Waals surface area contributed by atoms with Gasteiger partial charge in [-0.1, -0.05) is 0 Å². The quantitative estimate of drug-likeness (QED) is 0.112. The molecule has 56 valence electrons. The van der Waals surface area contributed by atoms with Crippen molar-refractivity contribution >= 4 is 11.8 Å². The second-order valence-electron chi connectivity index (χ2n) is 1.35. The van der Waals surface area contributed by atoms with Crippen LogP contribution < -0.4 is 73.9 Å². The van der Waals surface area contributed by atoms with E-state index in [0.29, 0.717) is 0 Å². The molecule has 0 aromatic rings. The molecular weight excluding hydrogens is 175 g/mol. The van der Waals surface area contributed by atoms with Crippen LogP contribution in [-0.4, -0.2) is 11.8 Å². The van der Waals surface area contributed by atoms with Gasteiger partial charge in [0.25, 0.3) is 11.8 Å². The molecule has 0 heterocycles. The van der Waals surface area contributed by atoms with E-state index in [4.69, 9.17) is 0 Å². The van der Waals surface area contributed by atoms with Gasteiger partial charge in [-0.25, -0.2) is 11.7 Å². The molecule has 0 rings (SSSR count). The van der Waals surface area contributed by atoms with E-state index in [1.54, 1.807) is 10.9 Å². The van der Waals surface area contributed by atoms with Gasteiger partial charge in [0.2, 0.25) is 0 Å². The predicted molar refractivity (Wildman–Crippen MR) is 33.8 cm³/mol. The maximum absolute atomic E-state index is 10.3. The van der Waals surface area contributed by atoms with Crippen molar-refractivity contribution in [3.05, 3.63) is 12.2 Å². The Balaban J connectivity index is 0. The number of nitrogens with one attached hydrogen (secondary N) is 2. The van der Waals surface area contributed by atoms with E-state index >= 15 is 0 Å². The summed E-state index contributed by atoms with van der Waals surface area (Å²) in [4.78, 5) is 20.6. The van der Waals surface area contributed by atoms with Crippen LogP contribution in [0.2, 0.25) is 0 Å².